The number of rotatable bonds is 6. The van der Waals surface area contributed by atoms with E-state index in [4.69, 9.17) is 15.2 Å². The summed E-state index contributed by atoms with van der Waals surface area (Å²) in [5.41, 5.74) is 6.10. The number of benzene rings is 1. The average molecular weight is 333 g/mol. The molecule has 1 saturated heterocycles. The van der Waals surface area contributed by atoms with Gasteiger partial charge in [0, 0.05) is 18.8 Å². The summed E-state index contributed by atoms with van der Waals surface area (Å²) < 4.78 is 11.0. The fourth-order valence-electron chi connectivity index (χ4n) is 2.32. The zero-order valence-electron chi connectivity index (χ0n) is 12.7. The van der Waals surface area contributed by atoms with Gasteiger partial charge in [-0.15, -0.1) is 11.3 Å². The highest BCUT2D eigenvalue weighted by atomic mass is 32.1. The molecule has 0 spiro atoms. The molecule has 0 bridgehead atoms. The van der Waals surface area contributed by atoms with Crippen molar-refractivity contribution in [2.24, 2.45) is 5.73 Å². The molecule has 6 nitrogen and oxygen atoms in total. The lowest BCUT2D eigenvalue weighted by atomic mass is 10.2. The van der Waals surface area contributed by atoms with E-state index in [1.54, 1.807) is 30.5 Å². The van der Waals surface area contributed by atoms with Crippen molar-refractivity contribution in [3.05, 3.63) is 40.3 Å². The number of hydrogen-bond donors (Lipinski definition) is 2. The van der Waals surface area contributed by atoms with Crippen LogP contribution in [0.4, 0.5) is 5.69 Å². The Morgan fingerprint density at radius 3 is 2.96 bits per heavy atom. The van der Waals surface area contributed by atoms with E-state index in [9.17, 15) is 4.79 Å². The van der Waals surface area contributed by atoms with E-state index in [0.717, 1.165) is 30.2 Å². The van der Waals surface area contributed by atoms with Crippen LogP contribution in [0.25, 0.3) is 0 Å². The minimum atomic E-state index is -0.164. The predicted octanol–water partition coefficient (Wildman–Crippen LogP) is 2.58. The Morgan fingerprint density at radius 1 is 1.43 bits per heavy atom. The molecule has 0 radical (unpaired) electrons. The Labute approximate surface area is 138 Å². The summed E-state index contributed by atoms with van der Waals surface area (Å²) in [6, 6.07) is 7.20. The zero-order valence-corrected chi connectivity index (χ0v) is 13.5. The van der Waals surface area contributed by atoms with Gasteiger partial charge < -0.3 is 20.5 Å². The second-order valence-corrected chi connectivity index (χ2v) is 6.24. The fourth-order valence-corrected chi connectivity index (χ4v) is 3.22. The number of aromatic nitrogens is 1. The van der Waals surface area contributed by atoms with Crippen LogP contribution in [0.3, 0.4) is 0 Å². The lowest BCUT2D eigenvalue weighted by Gasteiger charge is -2.07. The summed E-state index contributed by atoms with van der Waals surface area (Å²) in [5, 5.41) is 3.73. The van der Waals surface area contributed by atoms with Crippen LogP contribution >= 0.6 is 11.3 Å². The molecule has 1 aromatic heterocycles. The van der Waals surface area contributed by atoms with E-state index in [2.05, 4.69) is 10.3 Å². The smallest absolute Gasteiger partial charge is 0.267 e. The molecule has 2 aromatic rings. The van der Waals surface area contributed by atoms with Crippen LogP contribution in [0.1, 0.15) is 33.6 Å². The van der Waals surface area contributed by atoms with Crippen molar-refractivity contribution in [3.8, 4) is 5.75 Å². The fraction of sp³-hybridized carbons (Fsp3) is 0.375. The molecule has 0 aliphatic carbocycles. The number of nitrogens with zero attached hydrogens (tertiary/aromatic N) is 1. The molecule has 1 atom stereocenters. The maximum absolute atomic E-state index is 12.3. The standard InChI is InChI=1S/C16H19N3O3S/c17-7-9-21-12-5-3-11(4-6-12)19-15(20)14-10-18-16(23-14)13-2-1-8-22-13/h3-6,10,13H,1-2,7-9,17H2,(H,19,20). The van der Waals surface area contributed by atoms with E-state index in [-0.39, 0.29) is 12.0 Å². The van der Waals surface area contributed by atoms with Gasteiger partial charge in [0.2, 0.25) is 0 Å². The monoisotopic (exact) mass is 333 g/mol. The third kappa shape index (κ3) is 4.07. The number of nitrogens with one attached hydrogen (secondary N) is 1. The van der Waals surface area contributed by atoms with Gasteiger partial charge in [0.05, 0.1) is 6.20 Å². The first-order valence-electron chi connectivity index (χ1n) is 7.58. The minimum Gasteiger partial charge on any atom is -0.492 e. The SMILES string of the molecule is NCCOc1ccc(NC(=O)c2cnc(C3CCCO3)s2)cc1. The quantitative estimate of drug-likeness (QED) is 0.848. The topological polar surface area (TPSA) is 86.5 Å². The van der Waals surface area contributed by atoms with Gasteiger partial charge in [-0.3, -0.25) is 4.79 Å². The van der Waals surface area contributed by atoms with Crippen molar-refractivity contribution in [1.29, 1.82) is 0 Å². The second kappa shape index (κ2) is 7.54. The Bertz CT molecular complexity index is 651. The molecule has 1 amide bonds. The van der Waals surface area contributed by atoms with Crippen molar-refractivity contribution in [2.75, 3.05) is 25.1 Å². The van der Waals surface area contributed by atoms with E-state index in [1.165, 1.54) is 11.3 Å². The molecular weight excluding hydrogens is 314 g/mol. The lowest BCUT2D eigenvalue weighted by molar-refractivity contribution is 0.103. The van der Waals surface area contributed by atoms with E-state index < -0.39 is 0 Å². The van der Waals surface area contributed by atoms with Crippen LogP contribution in [0, 0.1) is 0 Å². The molecule has 122 valence electrons. The third-order valence-electron chi connectivity index (χ3n) is 3.45. The van der Waals surface area contributed by atoms with Crippen molar-refractivity contribution in [1.82, 2.24) is 4.98 Å². The van der Waals surface area contributed by atoms with E-state index in [0.29, 0.717) is 23.7 Å². The highest BCUT2D eigenvalue weighted by Crippen LogP contribution is 2.31. The van der Waals surface area contributed by atoms with Gasteiger partial charge in [-0.1, -0.05) is 0 Å². The van der Waals surface area contributed by atoms with Gasteiger partial charge in [0.15, 0.2) is 0 Å². The first-order valence-corrected chi connectivity index (χ1v) is 8.39. The van der Waals surface area contributed by atoms with Crippen molar-refractivity contribution >= 4 is 22.9 Å². The molecule has 1 aromatic carbocycles. The number of ether oxygens (including phenoxy) is 2. The normalized spacial score (nSPS) is 17.2. The van der Waals surface area contributed by atoms with E-state index in [1.807, 2.05) is 0 Å². The Morgan fingerprint density at radius 2 is 2.26 bits per heavy atom. The van der Waals surface area contributed by atoms with Crippen LogP contribution in [-0.4, -0.2) is 30.6 Å². The van der Waals surface area contributed by atoms with Gasteiger partial charge in [-0.2, -0.15) is 0 Å². The molecule has 1 aliphatic heterocycles. The zero-order chi connectivity index (χ0) is 16.1. The molecule has 0 saturated carbocycles. The minimum absolute atomic E-state index is 0.0422. The van der Waals surface area contributed by atoms with Crippen LogP contribution in [0.2, 0.25) is 0 Å². The molecule has 3 N–H and O–H groups in total. The molecule has 1 unspecified atom stereocenters. The highest BCUT2D eigenvalue weighted by molar-refractivity contribution is 7.13. The highest BCUT2D eigenvalue weighted by Gasteiger charge is 2.22. The number of thiazole rings is 1. The summed E-state index contributed by atoms with van der Waals surface area (Å²) in [6.45, 7) is 1.71. The first-order chi connectivity index (χ1) is 11.3. The lowest BCUT2D eigenvalue weighted by Crippen LogP contribution is -2.11. The van der Waals surface area contributed by atoms with Gasteiger partial charge in [-0.05, 0) is 37.1 Å². The summed E-state index contributed by atoms with van der Waals surface area (Å²) in [5.74, 6) is 0.564. The van der Waals surface area contributed by atoms with Crippen LogP contribution < -0.4 is 15.8 Å². The van der Waals surface area contributed by atoms with E-state index >= 15 is 0 Å². The van der Waals surface area contributed by atoms with Gasteiger partial charge >= 0.3 is 0 Å². The Balaban J connectivity index is 1.60. The average Bonchev–Trinajstić information content (AvgIpc) is 3.25. The molecule has 7 heteroatoms. The van der Waals surface area contributed by atoms with Crippen LogP contribution in [-0.2, 0) is 4.74 Å². The maximum atomic E-state index is 12.3. The first kappa shape index (κ1) is 15.9. The number of carbonyl (C=O) groups excluding carboxylic acids is 1. The molecule has 2 heterocycles. The number of nitrogens with two attached hydrogens (primary N) is 1. The van der Waals surface area contributed by atoms with Crippen molar-refractivity contribution < 1.29 is 14.3 Å². The molecular formula is C16H19N3O3S. The largest absolute Gasteiger partial charge is 0.492 e. The van der Waals surface area contributed by atoms with Crippen molar-refractivity contribution in [2.45, 2.75) is 18.9 Å². The third-order valence-corrected chi connectivity index (χ3v) is 4.54. The maximum Gasteiger partial charge on any atom is 0.267 e. The number of amides is 1. The molecule has 23 heavy (non-hydrogen) atoms. The molecule has 1 fully saturated rings. The van der Waals surface area contributed by atoms with Gasteiger partial charge in [0.1, 0.15) is 28.3 Å². The number of hydrogen-bond acceptors (Lipinski definition) is 6. The summed E-state index contributed by atoms with van der Waals surface area (Å²) in [7, 11) is 0. The summed E-state index contributed by atoms with van der Waals surface area (Å²) in [4.78, 5) is 17.2. The summed E-state index contributed by atoms with van der Waals surface area (Å²) in [6.07, 6.45) is 3.67. The Hall–Kier alpha value is -1.96. The second-order valence-electron chi connectivity index (χ2n) is 5.18. The van der Waals surface area contributed by atoms with Gasteiger partial charge in [0.25, 0.3) is 5.91 Å². The number of carbonyl (C=O) groups is 1. The van der Waals surface area contributed by atoms with Crippen molar-refractivity contribution in [3.63, 3.8) is 0 Å². The molecule has 1 aliphatic rings. The predicted molar refractivity (Wildman–Crippen MR) is 89.0 cm³/mol. The summed E-state index contributed by atoms with van der Waals surface area (Å²) >= 11 is 1.39. The Kier molecular flexibility index (Phi) is 5.22. The number of anilines is 1. The van der Waals surface area contributed by atoms with Gasteiger partial charge in [-0.25, -0.2) is 4.98 Å². The van der Waals surface area contributed by atoms with Crippen LogP contribution in [0.15, 0.2) is 30.5 Å². The van der Waals surface area contributed by atoms with Crippen LogP contribution in [0.5, 0.6) is 5.75 Å². The molecule has 3 rings (SSSR count).